The zero-order valence-electron chi connectivity index (χ0n) is 12.2. The Balaban J connectivity index is 1.99. The first-order valence-electron chi connectivity index (χ1n) is 6.66. The van der Waals surface area contributed by atoms with Gasteiger partial charge >= 0.3 is 0 Å². The smallest absolute Gasteiger partial charge is 0.199 e. The first-order chi connectivity index (χ1) is 9.65. The van der Waals surface area contributed by atoms with Crippen molar-refractivity contribution < 1.29 is 9.31 Å². The van der Waals surface area contributed by atoms with Crippen LogP contribution in [0.5, 0.6) is 0 Å². The molecule has 2 rings (SSSR count). The third-order valence-electron chi connectivity index (χ3n) is 2.98. The summed E-state index contributed by atoms with van der Waals surface area (Å²) >= 11 is 0. The molecule has 0 fully saturated rings. The number of allylic oxidation sites excluding steroid dienone is 13. The predicted molar refractivity (Wildman–Crippen MR) is 84.7 cm³/mol. The summed E-state index contributed by atoms with van der Waals surface area (Å²) < 4.78 is 7.31. The molecule has 0 aromatic rings. The lowest BCUT2D eigenvalue weighted by Crippen LogP contribution is -2.09. The molecule has 2 heteroatoms. The summed E-state index contributed by atoms with van der Waals surface area (Å²) in [7, 11) is 4.09. The molecule has 0 unspecified atom stereocenters. The summed E-state index contributed by atoms with van der Waals surface area (Å²) in [6.07, 6.45) is 22.4. The van der Waals surface area contributed by atoms with E-state index in [2.05, 4.69) is 41.0 Å². The molecular weight excluding hydrogens is 246 g/mol. The Kier molecular flexibility index (Phi) is 4.72. The van der Waals surface area contributed by atoms with Crippen LogP contribution < -0.4 is 0 Å². The van der Waals surface area contributed by atoms with Crippen molar-refractivity contribution in [2.75, 3.05) is 14.1 Å². The Morgan fingerprint density at radius 3 is 2.15 bits per heavy atom. The van der Waals surface area contributed by atoms with Crippen LogP contribution in [0.2, 0.25) is 0 Å². The Morgan fingerprint density at radius 1 is 0.900 bits per heavy atom. The molecule has 20 heavy (non-hydrogen) atoms. The fraction of sp³-hybridized carbons (Fsp3) is 0.167. The molecule has 102 valence electrons. The minimum Gasteiger partial charge on any atom is -0.470 e. The van der Waals surface area contributed by atoms with E-state index in [9.17, 15) is 0 Å². The van der Waals surface area contributed by atoms with Crippen molar-refractivity contribution in [2.45, 2.75) is 6.92 Å². The summed E-state index contributed by atoms with van der Waals surface area (Å²) in [4.78, 5) is 0. The maximum absolute atomic E-state index is 5.22. The highest BCUT2D eigenvalue weighted by atomic mass is 16.5. The number of rotatable bonds is 2. The minimum absolute atomic E-state index is 0.912. The standard InChI is InChI=1S/C18H20NO/c1-15-14-17(12-13-20-15)7-5-4-6-16-8-10-18(11-9-16)19(2)3/h4-14H,1-3H3/q+1. The number of hydrogen-bond donors (Lipinski definition) is 0. The Morgan fingerprint density at radius 2 is 1.55 bits per heavy atom. The molecule has 0 N–H and O–H groups in total. The van der Waals surface area contributed by atoms with Crippen molar-refractivity contribution in [1.29, 1.82) is 0 Å². The van der Waals surface area contributed by atoms with Crippen LogP contribution in [0.1, 0.15) is 6.92 Å². The van der Waals surface area contributed by atoms with Crippen molar-refractivity contribution in [3.05, 3.63) is 83.9 Å². The van der Waals surface area contributed by atoms with Crippen molar-refractivity contribution in [3.8, 4) is 0 Å². The molecule has 1 aliphatic carbocycles. The molecule has 0 bridgehead atoms. The third kappa shape index (κ3) is 4.09. The lowest BCUT2D eigenvalue weighted by molar-refractivity contribution is -0.462. The number of hydrogen-bond acceptors (Lipinski definition) is 1. The highest BCUT2D eigenvalue weighted by Crippen LogP contribution is 2.12. The summed E-state index contributed by atoms with van der Waals surface area (Å²) in [6.45, 7) is 1.94. The SMILES string of the molecule is CC1=CC(=CC=CC=C2C=CC(=[N+](C)C)C=C2)C=CO1. The number of ether oxygens (including phenoxy) is 1. The van der Waals surface area contributed by atoms with Crippen molar-refractivity contribution in [1.82, 2.24) is 0 Å². The second kappa shape index (κ2) is 6.71. The predicted octanol–water partition coefficient (Wildman–Crippen LogP) is 3.68. The Bertz CT molecular complexity index is 598. The first kappa shape index (κ1) is 14.1. The van der Waals surface area contributed by atoms with E-state index in [4.69, 9.17) is 4.74 Å². The average molecular weight is 266 g/mol. The molecule has 0 radical (unpaired) electrons. The normalized spacial score (nSPS) is 19.6. The van der Waals surface area contributed by atoms with Gasteiger partial charge in [-0.1, -0.05) is 24.3 Å². The lowest BCUT2D eigenvalue weighted by Gasteiger charge is -2.05. The van der Waals surface area contributed by atoms with Gasteiger partial charge in [0, 0.05) is 12.2 Å². The van der Waals surface area contributed by atoms with E-state index in [1.807, 2.05) is 45.3 Å². The lowest BCUT2D eigenvalue weighted by atomic mass is 10.1. The van der Waals surface area contributed by atoms with E-state index in [1.54, 1.807) is 6.26 Å². The molecule has 0 aromatic carbocycles. The van der Waals surface area contributed by atoms with Crippen LogP contribution in [0.25, 0.3) is 0 Å². The zero-order chi connectivity index (χ0) is 14.4. The molecule has 2 nitrogen and oxygen atoms in total. The van der Waals surface area contributed by atoms with Crippen LogP contribution in [0.3, 0.4) is 0 Å². The van der Waals surface area contributed by atoms with Gasteiger partial charge in [-0.05, 0) is 42.4 Å². The fourth-order valence-electron chi connectivity index (χ4n) is 1.86. The Labute approximate surface area is 120 Å². The molecule has 0 aromatic heterocycles. The molecule has 0 saturated carbocycles. The highest BCUT2D eigenvalue weighted by molar-refractivity contribution is 6.02. The van der Waals surface area contributed by atoms with E-state index in [-0.39, 0.29) is 0 Å². The van der Waals surface area contributed by atoms with Crippen LogP contribution >= 0.6 is 0 Å². The van der Waals surface area contributed by atoms with Crippen LogP contribution in [0.15, 0.2) is 83.9 Å². The van der Waals surface area contributed by atoms with E-state index < -0.39 is 0 Å². The molecule has 0 amide bonds. The topological polar surface area (TPSA) is 12.2 Å². The molecule has 1 aliphatic heterocycles. The van der Waals surface area contributed by atoms with Gasteiger partial charge in [0.15, 0.2) is 5.71 Å². The van der Waals surface area contributed by atoms with E-state index in [0.29, 0.717) is 0 Å². The second-order valence-electron chi connectivity index (χ2n) is 4.88. The highest BCUT2D eigenvalue weighted by Gasteiger charge is 2.02. The van der Waals surface area contributed by atoms with Gasteiger partial charge in [0.1, 0.15) is 19.9 Å². The van der Waals surface area contributed by atoms with Crippen molar-refractivity contribution in [2.24, 2.45) is 0 Å². The average Bonchev–Trinajstić information content (AvgIpc) is 2.44. The Hall–Kier alpha value is -2.35. The molecular formula is C18H20NO+. The summed E-state index contributed by atoms with van der Waals surface area (Å²) in [5, 5.41) is 0. The van der Waals surface area contributed by atoms with Gasteiger partial charge in [-0.25, -0.2) is 4.58 Å². The summed E-state index contributed by atoms with van der Waals surface area (Å²) in [5.41, 5.74) is 3.54. The van der Waals surface area contributed by atoms with Crippen LogP contribution in [-0.4, -0.2) is 24.4 Å². The van der Waals surface area contributed by atoms with Crippen molar-refractivity contribution in [3.63, 3.8) is 0 Å². The van der Waals surface area contributed by atoms with Gasteiger partial charge in [0.2, 0.25) is 0 Å². The largest absolute Gasteiger partial charge is 0.470 e. The van der Waals surface area contributed by atoms with Crippen LogP contribution in [-0.2, 0) is 4.74 Å². The fourth-order valence-corrected chi connectivity index (χ4v) is 1.86. The van der Waals surface area contributed by atoms with Gasteiger partial charge in [-0.2, -0.15) is 0 Å². The van der Waals surface area contributed by atoms with E-state index >= 15 is 0 Å². The van der Waals surface area contributed by atoms with Gasteiger partial charge in [-0.3, -0.25) is 0 Å². The van der Waals surface area contributed by atoms with Crippen LogP contribution in [0, 0.1) is 0 Å². The van der Waals surface area contributed by atoms with Gasteiger partial charge in [0.25, 0.3) is 0 Å². The van der Waals surface area contributed by atoms with Gasteiger partial charge in [0.05, 0.1) is 6.26 Å². The van der Waals surface area contributed by atoms with Crippen LogP contribution in [0.4, 0.5) is 0 Å². The van der Waals surface area contributed by atoms with Crippen molar-refractivity contribution >= 4 is 5.71 Å². The molecule has 1 heterocycles. The minimum atomic E-state index is 0.912. The summed E-state index contributed by atoms with van der Waals surface area (Å²) in [5.74, 6) is 0.912. The zero-order valence-corrected chi connectivity index (χ0v) is 12.2. The third-order valence-corrected chi connectivity index (χ3v) is 2.98. The molecule has 0 spiro atoms. The molecule has 0 atom stereocenters. The van der Waals surface area contributed by atoms with Gasteiger partial charge in [-0.15, -0.1) is 0 Å². The van der Waals surface area contributed by atoms with E-state index in [1.165, 1.54) is 11.3 Å². The second-order valence-corrected chi connectivity index (χ2v) is 4.88. The van der Waals surface area contributed by atoms with Gasteiger partial charge < -0.3 is 4.74 Å². The monoisotopic (exact) mass is 266 g/mol. The van der Waals surface area contributed by atoms with E-state index in [0.717, 1.165) is 11.3 Å². The number of nitrogens with zero attached hydrogens (tertiary/aromatic N) is 1. The quantitative estimate of drug-likeness (QED) is 0.694. The molecule has 0 saturated heterocycles. The molecule has 2 aliphatic rings. The summed E-state index contributed by atoms with van der Waals surface area (Å²) in [6, 6.07) is 0. The maximum atomic E-state index is 5.22. The maximum Gasteiger partial charge on any atom is 0.199 e. The first-order valence-corrected chi connectivity index (χ1v) is 6.66.